The van der Waals surface area contributed by atoms with E-state index in [1.54, 1.807) is 6.20 Å². The molecule has 0 aromatic carbocycles. The van der Waals surface area contributed by atoms with Gasteiger partial charge < -0.3 is 5.73 Å². The van der Waals surface area contributed by atoms with Gasteiger partial charge in [-0.2, -0.15) is 0 Å². The third-order valence-corrected chi connectivity index (χ3v) is 1.64. The average Bonchev–Trinajstić information content (AvgIpc) is 2.05. The van der Waals surface area contributed by atoms with E-state index < -0.39 is 0 Å². The van der Waals surface area contributed by atoms with Crippen LogP contribution in [0, 0.1) is 5.41 Å². The molecule has 72 valence electrons. The van der Waals surface area contributed by atoms with E-state index in [9.17, 15) is 0 Å². The van der Waals surface area contributed by atoms with Crippen molar-refractivity contribution < 1.29 is 0 Å². The molecule has 0 unspecified atom stereocenters. The zero-order valence-corrected chi connectivity index (χ0v) is 8.40. The Labute approximate surface area is 84.3 Å². The van der Waals surface area contributed by atoms with Crippen LogP contribution in [-0.2, 0) is 6.42 Å². The Hall–Kier alpha value is -1.09. The molecule has 0 fully saturated rings. The van der Waals surface area contributed by atoms with Gasteiger partial charge in [-0.3, -0.25) is 10.4 Å². The molecule has 0 saturated heterocycles. The summed E-state index contributed by atoms with van der Waals surface area (Å²) in [6.07, 6.45) is 3.81. The fourth-order valence-corrected chi connectivity index (χ4v) is 1.07. The molecule has 13 heavy (non-hydrogen) atoms. The van der Waals surface area contributed by atoms with E-state index in [4.69, 9.17) is 11.1 Å². The number of rotatable bonds is 3. The number of nitrogens with zero attached hydrogens (tertiary/aromatic N) is 1. The number of pyridine rings is 1. The molecule has 1 aromatic heterocycles. The SMILES string of the molecule is CCCc1ccnc(C(=N)N)c1.Cl. The van der Waals surface area contributed by atoms with Crippen molar-refractivity contribution in [2.45, 2.75) is 19.8 Å². The standard InChI is InChI=1S/C9H13N3.ClH/c1-2-3-7-4-5-12-8(6-7)9(10)11;/h4-6H,2-3H2,1H3,(H3,10,11);1H. The summed E-state index contributed by atoms with van der Waals surface area (Å²) >= 11 is 0. The average molecular weight is 200 g/mol. The summed E-state index contributed by atoms with van der Waals surface area (Å²) in [7, 11) is 0. The van der Waals surface area contributed by atoms with E-state index in [0.29, 0.717) is 5.69 Å². The molecule has 4 heteroatoms. The first-order valence-corrected chi connectivity index (χ1v) is 4.03. The zero-order valence-electron chi connectivity index (χ0n) is 7.58. The molecule has 0 saturated carbocycles. The Morgan fingerprint density at radius 3 is 2.85 bits per heavy atom. The van der Waals surface area contributed by atoms with Gasteiger partial charge in [0.1, 0.15) is 11.5 Å². The Morgan fingerprint density at radius 2 is 2.31 bits per heavy atom. The van der Waals surface area contributed by atoms with Crippen LogP contribution in [0.5, 0.6) is 0 Å². The first kappa shape index (κ1) is 11.9. The summed E-state index contributed by atoms with van der Waals surface area (Å²) in [6, 6.07) is 3.82. The van der Waals surface area contributed by atoms with Crippen molar-refractivity contribution in [3.8, 4) is 0 Å². The van der Waals surface area contributed by atoms with Crippen molar-refractivity contribution in [2.24, 2.45) is 5.73 Å². The second kappa shape index (κ2) is 5.54. The molecule has 0 aliphatic heterocycles. The van der Waals surface area contributed by atoms with Gasteiger partial charge in [-0.25, -0.2) is 0 Å². The van der Waals surface area contributed by atoms with Crippen LogP contribution < -0.4 is 5.73 Å². The maximum Gasteiger partial charge on any atom is 0.141 e. The summed E-state index contributed by atoms with van der Waals surface area (Å²) < 4.78 is 0. The van der Waals surface area contributed by atoms with E-state index in [1.165, 1.54) is 5.56 Å². The fourth-order valence-electron chi connectivity index (χ4n) is 1.07. The molecule has 0 atom stereocenters. The van der Waals surface area contributed by atoms with Crippen molar-refractivity contribution >= 4 is 18.2 Å². The number of nitrogens with two attached hydrogens (primary N) is 1. The van der Waals surface area contributed by atoms with Crippen molar-refractivity contribution in [1.82, 2.24) is 4.98 Å². The van der Waals surface area contributed by atoms with Crippen LogP contribution in [0.1, 0.15) is 24.6 Å². The van der Waals surface area contributed by atoms with Gasteiger partial charge >= 0.3 is 0 Å². The van der Waals surface area contributed by atoms with Gasteiger partial charge in [0.15, 0.2) is 0 Å². The van der Waals surface area contributed by atoms with Crippen LogP contribution in [0.3, 0.4) is 0 Å². The summed E-state index contributed by atoms with van der Waals surface area (Å²) in [4.78, 5) is 3.97. The molecule has 1 heterocycles. The quantitative estimate of drug-likeness (QED) is 0.576. The molecule has 0 radical (unpaired) electrons. The molecular weight excluding hydrogens is 186 g/mol. The third kappa shape index (κ3) is 3.42. The maximum absolute atomic E-state index is 7.18. The number of hydrogen-bond acceptors (Lipinski definition) is 2. The first-order valence-electron chi connectivity index (χ1n) is 4.03. The maximum atomic E-state index is 7.18. The number of amidine groups is 1. The highest BCUT2D eigenvalue weighted by Gasteiger charge is 1.98. The summed E-state index contributed by atoms with van der Waals surface area (Å²) in [6.45, 7) is 2.12. The third-order valence-electron chi connectivity index (χ3n) is 1.64. The van der Waals surface area contributed by atoms with E-state index >= 15 is 0 Å². The van der Waals surface area contributed by atoms with Crippen LogP contribution in [0.2, 0.25) is 0 Å². The topological polar surface area (TPSA) is 62.8 Å². The molecule has 0 spiro atoms. The van der Waals surface area contributed by atoms with Gasteiger partial charge in [-0.05, 0) is 24.1 Å². The molecule has 3 nitrogen and oxygen atoms in total. The minimum atomic E-state index is 0. The number of nitrogen functional groups attached to an aromatic ring is 1. The van der Waals surface area contributed by atoms with Crippen LogP contribution in [-0.4, -0.2) is 10.8 Å². The van der Waals surface area contributed by atoms with Crippen LogP contribution in [0.15, 0.2) is 18.3 Å². The molecule has 0 aliphatic carbocycles. The number of nitrogens with one attached hydrogen (secondary N) is 1. The Balaban J connectivity index is 0.00000144. The summed E-state index contributed by atoms with van der Waals surface area (Å²) in [5, 5.41) is 7.18. The van der Waals surface area contributed by atoms with E-state index in [0.717, 1.165) is 12.8 Å². The van der Waals surface area contributed by atoms with E-state index in [2.05, 4.69) is 11.9 Å². The first-order chi connectivity index (χ1) is 5.74. The lowest BCUT2D eigenvalue weighted by atomic mass is 10.1. The van der Waals surface area contributed by atoms with Crippen molar-refractivity contribution in [1.29, 1.82) is 5.41 Å². The lowest BCUT2D eigenvalue weighted by Crippen LogP contribution is -2.13. The van der Waals surface area contributed by atoms with Gasteiger partial charge in [0.2, 0.25) is 0 Å². The van der Waals surface area contributed by atoms with Crippen LogP contribution in [0.25, 0.3) is 0 Å². The zero-order chi connectivity index (χ0) is 8.97. The number of aromatic nitrogens is 1. The van der Waals surface area contributed by atoms with Crippen LogP contribution >= 0.6 is 12.4 Å². The van der Waals surface area contributed by atoms with Crippen molar-refractivity contribution in [2.75, 3.05) is 0 Å². The predicted molar refractivity (Wildman–Crippen MR) is 56.5 cm³/mol. The molecular formula is C9H14ClN3. The van der Waals surface area contributed by atoms with Gasteiger partial charge in [0.05, 0.1) is 0 Å². The number of aryl methyl sites for hydroxylation is 1. The fraction of sp³-hybridized carbons (Fsp3) is 0.333. The molecule has 1 rings (SSSR count). The van der Waals surface area contributed by atoms with Gasteiger partial charge in [-0.15, -0.1) is 12.4 Å². The molecule has 3 N–H and O–H groups in total. The Bertz CT molecular complexity index is 286. The Morgan fingerprint density at radius 1 is 1.62 bits per heavy atom. The lowest BCUT2D eigenvalue weighted by molar-refractivity contribution is 0.917. The molecule has 0 bridgehead atoms. The van der Waals surface area contributed by atoms with E-state index in [1.807, 2.05) is 12.1 Å². The highest BCUT2D eigenvalue weighted by Crippen LogP contribution is 2.03. The highest BCUT2D eigenvalue weighted by atomic mass is 35.5. The second-order valence-electron chi connectivity index (χ2n) is 2.71. The summed E-state index contributed by atoms with van der Waals surface area (Å²) in [5.74, 6) is 0.0351. The Kier molecular flexibility index (Phi) is 5.07. The van der Waals surface area contributed by atoms with Gasteiger partial charge in [0.25, 0.3) is 0 Å². The summed E-state index contributed by atoms with van der Waals surface area (Å²) in [5.41, 5.74) is 7.06. The molecule has 0 amide bonds. The number of halogens is 1. The van der Waals surface area contributed by atoms with Gasteiger partial charge in [0, 0.05) is 6.20 Å². The minimum absolute atomic E-state index is 0. The van der Waals surface area contributed by atoms with Crippen molar-refractivity contribution in [3.63, 3.8) is 0 Å². The highest BCUT2D eigenvalue weighted by molar-refractivity contribution is 5.93. The second-order valence-corrected chi connectivity index (χ2v) is 2.71. The predicted octanol–water partition coefficient (Wildman–Crippen LogP) is 1.74. The van der Waals surface area contributed by atoms with Gasteiger partial charge in [-0.1, -0.05) is 13.3 Å². The smallest absolute Gasteiger partial charge is 0.141 e. The van der Waals surface area contributed by atoms with E-state index in [-0.39, 0.29) is 18.2 Å². The van der Waals surface area contributed by atoms with Crippen LogP contribution in [0.4, 0.5) is 0 Å². The minimum Gasteiger partial charge on any atom is -0.382 e. The number of hydrogen-bond donors (Lipinski definition) is 2. The normalized spacial score (nSPS) is 9.00. The largest absolute Gasteiger partial charge is 0.382 e. The molecule has 0 aliphatic rings. The molecule has 1 aromatic rings. The monoisotopic (exact) mass is 199 g/mol. The van der Waals surface area contributed by atoms with Crippen molar-refractivity contribution in [3.05, 3.63) is 29.6 Å². The lowest BCUT2D eigenvalue weighted by Gasteiger charge is -2.00.